The van der Waals surface area contributed by atoms with Gasteiger partial charge in [0.2, 0.25) is 0 Å². The Balaban J connectivity index is 1.58. The molecule has 1 amide bonds. The molecule has 1 aromatic carbocycles. The molecule has 0 saturated carbocycles. The number of benzene rings is 1. The lowest BCUT2D eigenvalue weighted by molar-refractivity contribution is -0.112. The van der Waals surface area contributed by atoms with E-state index in [2.05, 4.69) is 5.32 Å². The summed E-state index contributed by atoms with van der Waals surface area (Å²) in [6.07, 6.45) is 5.05. The molecule has 2 aromatic heterocycles. The van der Waals surface area contributed by atoms with Crippen LogP contribution in [-0.4, -0.2) is 18.5 Å². The van der Waals surface area contributed by atoms with E-state index in [-0.39, 0.29) is 12.2 Å². The summed E-state index contributed by atoms with van der Waals surface area (Å²) in [7, 11) is 0. The van der Waals surface area contributed by atoms with E-state index in [1.807, 2.05) is 18.2 Å². The molecule has 0 bridgehead atoms. The maximum absolute atomic E-state index is 12.9. The minimum absolute atomic E-state index is 0.131. The highest BCUT2D eigenvalue weighted by Gasteiger charge is 2.27. The van der Waals surface area contributed by atoms with E-state index in [0.717, 1.165) is 41.7 Å². The molecule has 0 fully saturated rings. The molecule has 4 rings (SSSR count). The third-order valence-corrected chi connectivity index (χ3v) is 6.74. The number of ether oxygens (including phenoxy) is 1. The number of halogens is 1. The molecule has 2 heterocycles. The van der Waals surface area contributed by atoms with Crippen LogP contribution in [-0.2, 0) is 22.4 Å². The molecule has 0 unspecified atom stereocenters. The average Bonchev–Trinajstić information content (AvgIpc) is 3.42. The number of hydrogen-bond acceptors (Lipinski definition) is 6. The molecule has 1 aliphatic rings. The quantitative estimate of drug-likeness (QED) is 0.255. The second kappa shape index (κ2) is 10.1. The van der Waals surface area contributed by atoms with Crippen molar-refractivity contribution in [3.8, 4) is 17.4 Å². The molecule has 33 heavy (non-hydrogen) atoms. The summed E-state index contributed by atoms with van der Waals surface area (Å²) in [5.74, 6) is -0.103. The summed E-state index contributed by atoms with van der Waals surface area (Å²) in [5, 5.41) is 13.4. The predicted octanol–water partition coefficient (Wildman–Crippen LogP) is 6.26. The third-order valence-electron chi connectivity index (χ3n) is 5.29. The summed E-state index contributed by atoms with van der Waals surface area (Å²) in [6.45, 7) is 1.99. The maximum atomic E-state index is 12.9. The number of amides is 1. The summed E-state index contributed by atoms with van der Waals surface area (Å²) in [6, 6.07) is 12.5. The second-order valence-electron chi connectivity index (χ2n) is 7.47. The first-order valence-electron chi connectivity index (χ1n) is 10.6. The fourth-order valence-electron chi connectivity index (χ4n) is 3.73. The van der Waals surface area contributed by atoms with Gasteiger partial charge in [0.05, 0.1) is 12.2 Å². The molecular weight excluding hydrogens is 460 g/mol. The van der Waals surface area contributed by atoms with Crippen molar-refractivity contribution in [2.45, 2.75) is 32.6 Å². The Morgan fingerprint density at radius 3 is 2.70 bits per heavy atom. The Labute approximate surface area is 200 Å². The van der Waals surface area contributed by atoms with Crippen LogP contribution in [0.4, 0.5) is 5.00 Å². The van der Waals surface area contributed by atoms with Crippen molar-refractivity contribution in [1.29, 1.82) is 5.26 Å². The van der Waals surface area contributed by atoms with Crippen molar-refractivity contribution in [2.75, 3.05) is 11.9 Å². The van der Waals surface area contributed by atoms with Gasteiger partial charge in [-0.1, -0.05) is 11.6 Å². The van der Waals surface area contributed by atoms with Gasteiger partial charge in [0.1, 0.15) is 28.2 Å². The van der Waals surface area contributed by atoms with Crippen molar-refractivity contribution >= 4 is 45.9 Å². The molecule has 6 nitrogen and oxygen atoms in total. The maximum Gasteiger partial charge on any atom is 0.341 e. The number of hydrogen-bond donors (Lipinski definition) is 1. The first-order chi connectivity index (χ1) is 16.0. The van der Waals surface area contributed by atoms with Crippen molar-refractivity contribution in [2.24, 2.45) is 0 Å². The van der Waals surface area contributed by atoms with Gasteiger partial charge in [-0.15, -0.1) is 11.3 Å². The van der Waals surface area contributed by atoms with Crippen LogP contribution in [0.15, 0.2) is 46.4 Å². The highest BCUT2D eigenvalue weighted by molar-refractivity contribution is 7.17. The fraction of sp³-hybridized carbons (Fsp3) is 0.240. The van der Waals surface area contributed by atoms with Gasteiger partial charge in [0.25, 0.3) is 5.91 Å². The molecule has 8 heteroatoms. The lowest BCUT2D eigenvalue weighted by atomic mass is 9.95. The smallest absolute Gasteiger partial charge is 0.341 e. The van der Waals surface area contributed by atoms with E-state index in [0.29, 0.717) is 27.1 Å². The summed E-state index contributed by atoms with van der Waals surface area (Å²) in [5.41, 5.74) is 2.05. The van der Waals surface area contributed by atoms with Crippen molar-refractivity contribution in [1.82, 2.24) is 0 Å². The number of esters is 1. The summed E-state index contributed by atoms with van der Waals surface area (Å²) < 4.78 is 11.0. The molecule has 0 saturated heterocycles. The average molecular weight is 481 g/mol. The zero-order valence-corrected chi connectivity index (χ0v) is 19.5. The number of anilines is 1. The Bertz CT molecular complexity index is 1260. The van der Waals surface area contributed by atoms with Gasteiger partial charge < -0.3 is 14.5 Å². The Kier molecular flexibility index (Phi) is 6.97. The number of aryl methyl sites for hydroxylation is 1. The number of nitrogens with zero attached hydrogens (tertiary/aromatic N) is 1. The van der Waals surface area contributed by atoms with E-state index in [4.69, 9.17) is 20.8 Å². The number of fused-ring (bicyclic) bond motifs is 1. The minimum Gasteiger partial charge on any atom is -0.462 e. The highest BCUT2D eigenvalue weighted by atomic mass is 35.5. The van der Waals surface area contributed by atoms with Crippen molar-refractivity contribution < 1.29 is 18.7 Å². The van der Waals surface area contributed by atoms with Crippen LogP contribution in [0.1, 0.15) is 46.3 Å². The number of carbonyl (C=O) groups is 2. The lowest BCUT2D eigenvalue weighted by Crippen LogP contribution is -2.16. The van der Waals surface area contributed by atoms with Crippen LogP contribution < -0.4 is 5.32 Å². The Hall–Kier alpha value is -3.34. The zero-order chi connectivity index (χ0) is 23.4. The number of rotatable bonds is 6. The fourth-order valence-corrected chi connectivity index (χ4v) is 5.13. The largest absolute Gasteiger partial charge is 0.462 e. The Morgan fingerprint density at radius 1 is 1.21 bits per heavy atom. The molecular formula is C25H21ClN2O4S. The predicted molar refractivity (Wildman–Crippen MR) is 128 cm³/mol. The first kappa shape index (κ1) is 22.8. The van der Waals surface area contributed by atoms with E-state index < -0.39 is 11.9 Å². The van der Waals surface area contributed by atoms with Crippen LogP contribution in [0.25, 0.3) is 17.4 Å². The Morgan fingerprint density at radius 2 is 1.97 bits per heavy atom. The van der Waals surface area contributed by atoms with Gasteiger partial charge in [-0.05, 0) is 74.6 Å². The first-order valence-corrected chi connectivity index (χ1v) is 11.8. The zero-order valence-electron chi connectivity index (χ0n) is 17.9. The number of thiophene rings is 1. The number of nitrogens with one attached hydrogen (secondary N) is 1. The SMILES string of the molecule is CCOC(=O)c1c(NC(=O)/C(C#N)=C\c2ccc(-c3ccc(Cl)cc3)o2)sc2c1CCCC2. The van der Waals surface area contributed by atoms with Crippen LogP contribution in [0.3, 0.4) is 0 Å². The number of furan rings is 1. The van der Waals surface area contributed by atoms with Gasteiger partial charge in [-0.3, -0.25) is 4.79 Å². The van der Waals surface area contributed by atoms with Crippen LogP contribution in [0.5, 0.6) is 0 Å². The lowest BCUT2D eigenvalue weighted by Gasteiger charge is -2.12. The topological polar surface area (TPSA) is 92.3 Å². The molecule has 1 aliphatic carbocycles. The molecule has 1 N–H and O–H groups in total. The molecule has 0 aliphatic heterocycles. The van der Waals surface area contributed by atoms with Crippen LogP contribution in [0.2, 0.25) is 5.02 Å². The van der Waals surface area contributed by atoms with Gasteiger partial charge in [-0.2, -0.15) is 5.26 Å². The summed E-state index contributed by atoms with van der Waals surface area (Å²) in [4.78, 5) is 26.6. The monoisotopic (exact) mass is 480 g/mol. The molecule has 168 valence electrons. The van der Waals surface area contributed by atoms with Crippen molar-refractivity contribution in [3.63, 3.8) is 0 Å². The number of carbonyl (C=O) groups excluding carboxylic acids is 2. The van der Waals surface area contributed by atoms with E-state index in [1.54, 1.807) is 31.2 Å². The van der Waals surface area contributed by atoms with E-state index >= 15 is 0 Å². The van der Waals surface area contributed by atoms with E-state index in [9.17, 15) is 14.9 Å². The van der Waals surface area contributed by atoms with Gasteiger partial charge >= 0.3 is 5.97 Å². The minimum atomic E-state index is -0.605. The molecule has 0 spiro atoms. The third kappa shape index (κ3) is 5.03. The van der Waals surface area contributed by atoms with Crippen molar-refractivity contribution in [3.05, 3.63) is 68.8 Å². The summed E-state index contributed by atoms with van der Waals surface area (Å²) >= 11 is 7.30. The standard InChI is InChI=1S/C25H21ClN2O4S/c1-2-31-25(30)22-19-5-3-4-6-21(19)33-24(22)28-23(29)16(14-27)13-18-11-12-20(32-18)15-7-9-17(26)10-8-15/h7-13H,2-6H2,1H3,(H,28,29)/b16-13-. The highest BCUT2D eigenvalue weighted by Crippen LogP contribution is 2.39. The normalized spacial score (nSPS) is 13.2. The molecule has 3 aromatic rings. The van der Waals surface area contributed by atoms with Gasteiger partial charge in [0.15, 0.2) is 0 Å². The van der Waals surface area contributed by atoms with Gasteiger partial charge in [0, 0.05) is 21.5 Å². The number of nitriles is 1. The van der Waals surface area contributed by atoms with Gasteiger partial charge in [-0.25, -0.2) is 4.79 Å². The van der Waals surface area contributed by atoms with Crippen LogP contribution >= 0.6 is 22.9 Å². The second-order valence-corrected chi connectivity index (χ2v) is 9.01. The van der Waals surface area contributed by atoms with E-state index in [1.165, 1.54) is 17.4 Å². The molecule has 0 atom stereocenters. The van der Waals surface area contributed by atoms with Crippen LogP contribution in [0, 0.1) is 11.3 Å². The molecule has 0 radical (unpaired) electrons.